The molecule has 0 atom stereocenters. The number of thiol groups is 1. The zero-order valence-electron chi connectivity index (χ0n) is 8.00. The van der Waals surface area contributed by atoms with Crippen LogP contribution in [0.15, 0.2) is 18.2 Å². The molecule has 78 valence electrons. The monoisotopic (exact) mass is 217 g/mol. The van der Waals surface area contributed by atoms with Crippen LogP contribution in [-0.2, 0) is 6.54 Å². The van der Waals surface area contributed by atoms with Gasteiger partial charge < -0.3 is 4.90 Å². The zero-order valence-corrected chi connectivity index (χ0v) is 8.90. The van der Waals surface area contributed by atoms with Crippen LogP contribution in [0.1, 0.15) is 5.56 Å². The van der Waals surface area contributed by atoms with Crippen molar-refractivity contribution in [3.8, 4) is 0 Å². The first kappa shape index (κ1) is 11.5. The van der Waals surface area contributed by atoms with E-state index in [0.29, 0.717) is 17.9 Å². The highest BCUT2D eigenvalue weighted by Crippen LogP contribution is 2.11. The Hall–Kier alpha value is -0.610. The molecule has 4 heteroatoms. The van der Waals surface area contributed by atoms with Gasteiger partial charge in [0, 0.05) is 24.4 Å². The molecule has 0 aliphatic carbocycles. The highest BCUT2D eigenvalue weighted by molar-refractivity contribution is 7.80. The van der Waals surface area contributed by atoms with Gasteiger partial charge in [-0.3, -0.25) is 0 Å². The van der Waals surface area contributed by atoms with Crippen LogP contribution in [0, 0.1) is 11.6 Å². The summed E-state index contributed by atoms with van der Waals surface area (Å²) in [5, 5.41) is 0. The first-order valence-electron chi connectivity index (χ1n) is 4.37. The summed E-state index contributed by atoms with van der Waals surface area (Å²) in [7, 11) is 1.85. The molecule has 1 nitrogen and oxygen atoms in total. The van der Waals surface area contributed by atoms with Gasteiger partial charge in [0.15, 0.2) is 0 Å². The minimum absolute atomic E-state index is 0.364. The fraction of sp³-hybridized carbons (Fsp3) is 0.400. The molecule has 0 unspecified atom stereocenters. The molecule has 0 saturated carbocycles. The third kappa shape index (κ3) is 3.27. The molecule has 1 aromatic rings. The minimum atomic E-state index is -0.402. The van der Waals surface area contributed by atoms with Gasteiger partial charge in [-0.1, -0.05) is 0 Å². The Morgan fingerprint density at radius 2 is 2.07 bits per heavy atom. The van der Waals surface area contributed by atoms with Crippen LogP contribution in [0.25, 0.3) is 0 Å². The maximum Gasteiger partial charge on any atom is 0.127 e. The fourth-order valence-corrected chi connectivity index (χ4v) is 1.55. The minimum Gasteiger partial charge on any atom is -0.301 e. The number of hydrogen-bond acceptors (Lipinski definition) is 2. The van der Waals surface area contributed by atoms with Crippen molar-refractivity contribution in [2.24, 2.45) is 0 Å². The maximum absolute atomic E-state index is 13.2. The lowest BCUT2D eigenvalue weighted by molar-refractivity contribution is 0.341. The highest BCUT2D eigenvalue weighted by atomic mass is 32.1. The third-order valence-corrected chi connectivity index (χ3v) is 2.13. The number of rotatable bonds is 4. The SMILES string of the molecule is CN(CCS)Cc1cc(F)ccc1F. The molecule has 0 spiro atoms. The number of nitrogens with zero attached hydrogens (tertiary/aromatic N) is 1. The molecular formula is C10H13F2NS. The van der Waals surface area contributed by atoms with Gasteiger partial charge >= 0.3 is 0 Å². The molecule has 1 aromatic carbocycles. The highest BCUT2D eigenvalue weighted by Gasteiger charge is 2.06. The van der Waals surface area contributed by atoms with Gasteiger partial charge in [-0.05, 0) is 25.2 Å². The summed E-state index contributed by atoms with van der Waals surface area (Å²) in [6.45, 7) is 1.16. The van der Waals surface area contributed by atoms with E-state index in [9.17, 15) is 8.78 Å². The van der Waals surface area contributed by atoms with Crippen molar-refractivity contribution in [2.75, 3.05) is 19.3 Å². The summed E-state index contributed by atoms with van der Waals surface area (Å²) in [6, 6.07) is 3.50. The lowest BCUT2D eigenvalue weighted by atomic mass is 10.2. The van der Waals surface area contributed by atoms with Gasteiger partial charge in [-0.15, -0.1) is 0 Å². The van der Waals surface area contributed by atoms with Gasteiger partial charge in [0.1, 0.15) is 11.6 Å². The topological polar surface area (TPSA) is 3.24 Å². The van der Waals surface area contributed by atoms with E-state index in [4.69, 9.17) is 0 Å². The van der Waals surface area contributed by atoms with Gasteiger partial charge in [0.05, 0.1) is 0 Å². The smallest absolute Gasteiger partial charge is 0.127 e. The average Bonchev–Trinajstić information content (AvgIpc) is 2.12. The second kappa shape index (κ2) is 5.32. The second-order valence-corrected chi connectivity index (χ2v) is 3.64. The zero-order chi connectivity index (χ0) is 10.6. The van der Waals surface area contributed by atoms with E-state index in [2.05, 4.69) is 12.6 Å². The lowest BCUT2D eigenvalue weighted by Gasteiger charge is -2.15. The predicted molar refractivity (Wildman–Crippen MR) is 56.5 cm³/mol. The molecule has 0 aliphatic heterocycles. The van der Waals surface area contributed by atoms with E-state index in [-0.39, 0.29) is 5.82 Å². The van der Waals surface area contributed by atoms with Crippen LogP contribution in [0.3, 0.4) is 0 Å². The van der Waals surface area contributed by atoms with E-state index in [1.807, 2.05) is 11.9 Å². The van der Waals surface area contributed by atoms with Crippen LogP contribution in [-0.4, -0.2) is 24.2 Å². The van der Waals surface area contributed by atoms with Crippen molar-refractivity contribution in [2.45, 2.75) is 6.54 Å². The van der Waals surface area contributed by atoms with Crippen molar-refractivity contribution in [3.05, 3.63) is 35.4 Å². The summed E-state index contributed by atoms with van der Waals surface area (Å²) in [5.74, 6) is -0.0638. The van der Waals surface area contributed by atoms with E-state index in [1.54, 1.807) is 0 Å². The molecule has 0 saturated heterocycles. The van der Waals surface area contributed by atoms with Crippen LogP contribution in [0.4, 0.5) is 8.78 Å². The Labute approximate surface area is 88.1 Å². The van der Waals surface area contributed by atoms with Crippen LogP contribution < -0.4 is 0 Å². The molecule has 0 heterocycles. The Morgan fingerprint density at radius 1 is 1.36 bits per heavy atom. The van der Waals surface area contributed by atoms with E-state index >= 15 is 0 Å². The summed E-state index contributed by atoms with van der Waals surface area (Å²) in [5.41, 5.74) is 0.384. The summed E-state index contributed by atoms with van der Waals surface area (Å²) >= 11 is 4.06. The number of hydrogen-bond donors (Lipinski definition) is 1. The van der Waals surface area contributed by atoms with E-state index in [0.717, 1.165) is 18.7 Å². The molecule has 1 rings (SSSR count). The van der Waals surface area contributed by atoms with Crippen LogP contribution >= 0.6 is 12.6 Å². The normalized spacial score (nSPS) is 10.9. The summed E-state index contributed by atoms with van der Waals surface area (Å²) < 4.78 is 25.9. The standard InChI is InChI=1S/C10H13F2NS/c1-13(4-5-14)7-8-6-9(11)2-3-10(8)12/h2-3,6,14H,4-5,7H2,1H3. The molecule has 0 fully saturated rings. The van der Waals surface area contributed by atoms with Gasteiger partial charge in [-0.2, -0.15) is 12.6 Å². The molecule has 0 bridgehead atoms. The molecule has 0 N–H and O–H groups in total. The van der Waals surface area contributed by atoms with Gasteiger partial charge in [-0.25, -0.2) is 8.78 Å². The molecule has 0 radical (unpaired) electrons. The average molecular weight is 217 g/mol. The van der Waals surface area contributed by atoms with Crippen LogP contribution in [0.5, 0.6) is 0 Å². The van der Waals surface area contributed by atoms with Crippen molar-refractivity contribution in [3.63, 3.8) is 0 Å². The molecule has 0 aliphatic rings. The quantitative estimate of drug-likeness (QED) is 0.758. The Bertz CT molecular complexity index is 304. The first-order valence-corrected chi connectivity index (χ1v) is 5.00. The first-order chi connectivity index (χ1) is 6.63. The molecular weight excluding hydrogens is 204 g/mol. The number of benzene rings is 1. The Kier molecular flexibility index (Phi) is 4.35. The van der Waals surface area contributed by atoms with Crippen molar-refractivity contribution in [1.82, 2.24) is 4.90 Å². The van der Waals surface area contributed by atoms with E-state index < -0.39 is 5.82 Å². The van der Waals surface area contributed by atoms with Gasteiger partial charge in [0.25, 0.3) is 0 Å². The molecule has 0 aromatic heterocycles. The predicted octanol–water partition coefficient (Wildman–Crippen LogP) is 2.33. The number of halogens is 2. The van der Waals surface area contributed by atoms with E-state index in [1.165, 1.54) is 6.07 Å². The summed E-state index contributed by atoms with van der Waals surface area (Å²) in [4.78, 5) is 1.89. The third-order valence-electron chi connectivity index (χ3n) is 1.93. The second-order valence-electron chi connectivity index (χ2n) is 3.20. The van der Waals surface area contributed by atoms with Crippen molar-refractivity contribution < 1.29 is 8.78 Å². The Balaban J connectivity index is 2.70. The Morgan fingerprint density at radius 3 is 2.71 bits per heavy atom. The van der Waals surface area contributed by atoms with Crippen molar-refractivity contribution >= 4 is 12.6 Å². The maximum atomic E-state index is 13.2. The lowest BCUT2D eigenvalue weighted by Crippen LogP contribution is -2.20. The van der Waals surface area contributed by atoms with Crippen LogP contribution in [0.2, 0.25) is 0 Å². The summed E-state index contributed by atoms with van der Waals surface area (Å²) in [6.07, 6.45) is 0. The largest absolute Gasteiger partial charge is 0.301 e. The molecule has 0 amide bonds. The van der Waals surface area contributed by atoms with Crippen molar-refractivity contribution in [1.29, 1.82) is 0 Å². The fourth-order valence-electron chi connectivity index (χ4n) is 1.21. The molecule has 14 heavy (non-hydrogen) atoms. The van der Waals surface area contributed by atoms with Gasteiger partial charge in [0.2, 0.25) is 0 Å².